The van der Waals surface area contributed by atoms with Gasteiger partial charge in [-0.05, 0) is 36.4 Å². The van der Waals surface area contributed by atoms with Gasteiger partial charge in [0.05, 0.1) is 0 Å². The maximum atomic E-state index is 9.51. The molecule has 0 aliphatic carbocycles. The number of nitrogens with zero attached hydrogens (tertiary/aromatic N) is 2. The van der Waals surface area contributed by atoms with Crippen LogP contribution in [0.25, 0.3) is 10.9 Å². The van der Waals surface area contributed by atoms with Crippen LogP contribution in [-0.2, 0) is 0 Å². The minimum Gasteiger partial charge on any atom is -0.508 e. The van der Waals surface area contributed by atoms with Gasteiger partial charge in [0.1, 0.15) is 23.6 Å². The third-order valence-electron chi connectivity index (χ3n) is 3.51. The van der Waals surface area contributed by atoms with Crippen molar-refractivity contribution in [2.75, 3.05) is 5.32 Å². The van der Waals surface area contributed by atoms with Crippen LogP contribution in [0, 0.1) is 0 Å². The first-order valence-corrected chi connectivity index (χ1v) is 7.39. The zero-order valence-electron chi connectivity index (χ0n) is 12.6. The molecule has 0 amide bonds. The zero-order valence-corrected chi connectivity index (χ0v) is 12.6. The van der Waals surface area contributed by atoms with Crippen LogP contribution in [-0.4, -0.2) is 20.1 Å². The summed E-state index contributed by atoms with van der Waals surface area (Å²) in [6, 6.07) is 16.3. The van der Waals surface area contributed by atoms with Crippen LogP contribution >= 0.6 is 0 Å². The van der Waals surface area contributed by atoms with Crippen molar-refractivity contribution in [3.8, 4) is 17.4 Å². The molecule has 0 saturated heterocycles. The molecule has 2 heterocycles. The molecule has 2 aromatic carbocycles. The largest absolute Gasteiger partial charge is 0.508 e. The Labute approximate surface area is 137 Å². The number of hydrogen-bond donors (Lipinski definition) is 3. The molecular weight excluding hydrogens is 304 g/mol. The topological polar surface area (TPSA) is 83.1 Å². The fraction of sp³-hybridized carbons (Fsp3) is 0. The van der Waals surface area contributed by atoms with Crippen molar-refractivity contribution < 1.29 is 9.84 Å². The Morgan fingerprint density at radius 2 is 1.96 bits per heavy atom. The van der Waals surface area contributed by atoms with E-state index in [1.54, 1.807) is 24.3 Å². The van der Waals surface area contributed by atoms with Gasteiger partial charge in [0.2, 0.25) is 5.88 Å². The molecule has 24 heavy (non-hydrogen) atoms. The summed E-state index contributed by atoms with van der Waals surface area (Å²) >= 11 is 0. The number of phenolic OH excluding ortho intramolecular Hbond substituents is 1. The lowest BCUT2D eigenvalue weighted by Crippen LogP contribution is -1.96. The van der Waals surface area contributed by atoms with Crippen LogP contribution < -0.4 is 10.1 Å². The van der Waals surface area contributed by atoms with Crippen molar-refractivity contribution in [2.45, 2.75) is 0 Å². The predicted octanol–water partition coefficient (Wildman–Crippen LogP) is 4.20. The number of hydrogen-bond acceptors (Lipinski definition) is 5. The maximum absolute atomic E-state index is 9.51. The Hall–Kier alpha value is -3.54. The van der Waals surface area contributed by atoms with Crippen LogP contribution in [0.1, 0.15) is 0 Å². The number of rotatable bonds is 4. The SMILES string of the molecule is Oc1cccc(Nc2cc(Oc3ccc4[nH]ccc4c3)ncn2)c1. The molecule has 4 aromatic rings. The van der Waals surface area contributed by atoms with Crippen LogP contribution in [0.4, 0.5) is 11.5 Å². The number of aromatic hydroxyl groups is 1. The van der Waals surface area contributed by atoms with Crippen LogP contribution in [0.5, 0.6) is 17.4 Å². The lowest BCUT2D eigenvalue weighted by atomic mass is 10.2. The Morgan fingerprint density at radius 3 is 2.88 bits per heavy atom. The number of aromatic nitrogens is 3. The van der Waals surface area contributed by atoms with Gasteiger partial charge in [0.25, 0.3) is 0 Å². The first-order valence-electron chi connectivity index (χ1n) is 7.39. The highest BCUT2D eigenvalue weighted by Crippen LogP contribution is 2.26. The molecule has 0 aliphatic heterocycles. The summed E-state index contributed by atoms with van der Waals surface area (Å²) in [6.45, 7) is 0. The molecule has 0 unspecified atom stereocenters. The number of anilines is 2. The van der Waals surface area contributed by atoms with E-state index in [1.807, 2.05) is 36.5 Å². The van der Waals surface area contributed by atoms with E-state index in [0.717, 1.165) is 16.6 Å². The Bertz CT molecular complexity index is 997. The summed E-state index contributed by atoms with van der Waals surface area (Å²) in [5.41, 5.74) is 1.78. The fourth-order valence-electron chi connectivity index (χ4n) is 2.41. The summed E-state index contributed by atoms with van der Waals surface area (Å²) in [5, 5.41) is 13.7. The molecule has 0 spiro atoms. The maximum Gasteiger partial charge on any atom is 0.224 e. The number of H-pyrrole nitrogens is 1. The molecule has 4 rings (SSSR count). The zero-order chi connectivity index (χ0) is 16.4. The molecular formula is C18H14N4O2. The van der Waals surface area contributed by atoms with E-state index in [1.165, 1.54) is 6.33 Å². The second-order valence-corrected chi connectivity index (χ2v) is 5.25. The van der Waals surface area contributed by atoms with Crippen molar-refractivity contribution in [1.29, 1.82) is 0 Å². The summed E-state index contributed by atoms with van der Waals surface area (Å²) in [5.74, 6) is 1.89. The fourth-order valence-corrected chi connectivity index (χ4v) is 2.41. The molecule has 6 nitrogen and oxygen atoms in total. The average Bonchev–Trinajstić information content (AvgIpc) is 3.03. The van der Waals surface area contributed by atoms with Gasteiger partial charge in [-0.2, -0.15) is 0 Å². The van der Waals surface area contributed by atoms with E-state index in [0.29, 0.717) is 17.4 Å². The van der Waals surface area contributed by atoms with E-state index in [4.69, 9.17) is 4.74 Å². The minimum atomic E-state index is 0.185. The van der Waals surface area contributed by atoms with Crippen LogP contribution in [0.2, 0.25) is 0 Å². The molecule has 0 radical (unpaired) electrons. The normalized spacial score (nSPS) is 10.7. The Morgan fingerprint density at radius 1 is 1.00 bits per heavy atom. The lowest BCUT2D eigenvalue weighted by Gasteiger charge is -2.08. The summed E-state index contributed by atoms with van der Waals surface area (Å²) in [7, 11) is 0. The minimum absolute atomic E-state index is 0.185. The smallest absolute Gasteiger partial charge is 0.224 e. The second-order valence-electron chi connectivity index (χ2n) is 5.25. The van der Waals surface area contributed by atoms with E-state index in [2.05, 4.69) is 20.3 Å². The van der Waals surface area contributed by atoms with Crippen LogP contribution in [0.3, 0.4) is 0 Å². The van der Waals surface area contributed by atoms with E-state index >= 15 is 0 Å². The number of benzene rings is 2. The molecule has 0 fully saturated rings. The van der Waals surface area contributed by atoms with E-state index in [9.17, 15) is 5.11 Å². The van der Waals surface area contributed by atoms with Crippen LogP contribution in [0.15, 0.2) is 67.1 Å². The van der Waals surface area contributed by atoms with Gasteiger partial charge in [0.15, 0.2) is 0 Å². The number of phenols is 1. The lowest BCUT2D eigenvalue weighted by molar-refractivity contribution is 0.462. The van der Waals surface area contributed by atoms with Gasteiger partial charge < -0.3 is 20.1 Å². The van der Waals surface area contributed by atoms with Gasteiger partial charge in [0, 0.05) is 34.9 Å². The van der Waals surface area contributed by atoms with Gasteiger partial charge >= 0.3 is 0 Å². The monoisotopic (exact) mass is 318 g/mol. The molecule has 3 N–H and O–H groups in total. The Kier molecular flexibility index (Phi) is 3.47. The molecule has 0 aliphatic rings. The van der Waals surface area contributed by atoms with Gasteiger partial charge in [-0.3, -0.25) is 0 Å². The van der Waals surface area contributed by atoms with Gasteiger partial charge in [-0.1, -0.05) is 6.07 Å². The molecule has 0 saturated carbocycles. The quantitative estimate of drug-likeness (QED) is 0.525. The molecule has 0 bridgehead atoms. The Balaban J connectivity index is 1.55. The van der Waals surface area contributed by atoms with Crippen molar-refractivity contribution in [3.63, 3.8) is 0 Å². The summed E-state index contributed by atoms with van der Waals surface area (Å²) in [6.07, 6.45) is 3.31. The third kappa shape index (κ3) is 2.98. The molecule has 6 heteroatoms. The van der Waals surface area contributed by atoms with Gasteiger partial charge in [-0.15, -0.1) is 0 Å². The molecule has 2 aromatic heterocycles. The number of nitrogens with one attached hydrogen (secondary N) is 2. The highest BCUT2D eigenvalue weighted by molar-refractivity contribution is 5.80. The van der Waals surface area contributed by atoms with E-state index in [-0.39, 0.29) is 5.75 Å². The average molecular weight is 318 g/mol. The summed E-state index contributed by atoms with van der Waals surface area (Å²) < 4.78 is 5.80. The van der Waals surface area contributed by atoms with Gasteiger partial charge in [-0.25, -0.2) is 9.97 Å². The summed E-state index contributed by atoms with van der Waals surface area (Å²) in [4.78, 5) is 11.4. The highest BCUT2D eigenvalue weighted by Gasteiger charge is 2.04. The highest BCUT2D eigenvalue weighted by atomic mass is 16.5. The first-order chi connectivity index (χ1) is 11.8. The first kappa shape index (κ1) is 14.1. The molecule has 0 atom stereocenters. The number of ether oxygens (including phenoxy) is 1. The van der Waals surface area contributed by atoms with E-state index < -0.39 is 0 Å². The second kappa shape index (κ2) is 5.92. The molecule has 118 valence electrons. The predicted molar refractivity (Wildman–Crippen MR) is 91.8 cm³/mol. The standard InChI is InChI=1S/C18H14N4O2/c23-14-3-1-2-13(9-14)22-17-10-18(21-11-20-17)24-15-4-5-16-12(8-15)6-7-19-16/h1-11,19,23H,(H,20,21,22). The van der Waals surface area contributed by atoms with Crippen molar-refractivity contribution >= 4 is 22.4 Å². The van der Waals surface area contributed by atoms with Crippen molar-refractivity contribution in [1.82, 2.24) is 15.0 Å². The van der Waals surface area contributed by atoms with Crippen molar-refractivity contribution in [2.24, 2.45) is 0 Å². The van der Waals surface area contributed by atoms with Crippen molar-refractivity contribution in [3.05, 3.63) is 67.1 Å². The number of fused-ring (bicyclic) bond motifs is 1. The third-order valence-corrected chi connectivity index (χ3v) is 3.51. The number of aromatic amines is 1.